The highest BCUT2D eigenvalue weighted by molar-refractivity contribution is 6.29. The number of halogens is 1. The van der Waals surface area contributed by atoms with Crippen molar-refractivity contribution in [2.24, 2.45) is 0 Å². The summed E-state index contributed by atoms with van der Waals surface area (Å²) in [7, 11) is 0. The van der Waals surface area contributed by atoms with E-state index in [9.17, 15) is 9.90 Å². The van der Waals surface area contributed by atoms with Gasteiger partial charge in [0, 0.05) is 37.9 Å². The molecule has 0 spiro atoms. The number of hydrogen-bond donors (Lipinski definition) is 1. The molecule has 33 heavy (non-hydrogen) atoms. The van der Waals surface area contributed by atoms with Crippen LogP contribution in [-0.4, -0.2) is 63.7 Å². The number of piperidine rings is 1. The van der Waals surface area contributed by atoms with Gasteiger partial charge in [0.1, 0.15) is 17.5 Å². The first-order chi connectivity index (χ1) is 15.6. The summed E-state index contributed by atoms with van der Waals surface area (Å²) in [4.78, 5) is 21.6. The Morgan fingerprint density at radius 3 is 2.67 bits per heavy atom. The highest BCUT2D eigenvalue weighted by Crippen LogP contribution is 2.39. The first-order valence-electron chi connectivity index (χ1n) is 11.8. The molecule has 2 atom stereocenters. The second-order valence-electron chi connectivity index (χ2n) is 9.96. The van der Waals surface area contributed by atoms with Crippen molar-refractivity contribution in [1.82, 2.24) is 14.8 Å². The molecule has 1 aromatic heterocycles. The van der Waals surface area contributed by atoms with Gasteiger partial charge in [0.05, 0.1) is 11.2 Å². The topological polar surface area (TPSA) is 65.9 Å². The highest BCUT2D eigenvalue weighted by atomic mass is 35.5. The molecule has 0 bridgehead atoms. The summed E-state index contributed by atoms with van der Waals surface area (Å²) < 4.78 is 5.90. The zero-order chi connectivity index (χ0) is 23.8. The van der Waals surface area contributed by atoms with Crippen LogP contribution in [0.1, 0.15) is 66.2 Å². The molecule has 1 amide bonds. The Kier molecular flexibility index (Phi) is 6.99. The Morgan fingerprint density at radius 2 is 1.97 bits per heavy atom. The van der Waals surface area contributed by atoms with Gasteiger partial charge in [0.2, 0.25) is 0 Å². The van der Waals surface area contributed by atoms with E-state index in [0.29, 0.717) is 29.3 Å². The molecule has 2 fully saturated rings. The van der Waals surface area contributed by atoms with Gasteiger partial charge in [-0.2, -0.15) is 0 Å². The number of benzene rings is 1. The molecule has 0 radical (unpaired) electrons. The SMILES string of the molecule is Cc1c(OCC(C)(C)O)ccc([C@H]2CCC[C@H]3CN(C(=O)c4ccc(Cl)nc4)CCN32)c1C. The number of aromatic nitrogens is 1. The number of ether oxygens (including phenoxy) is 1. The molecule has 0 saturated carbocycles. The van der Waals surface area contributed by atoms with Gasteiger partial charge < -0.3 is 14.7 Å². The molecule has 2 aliphatic heterocycles. The minimum absolute atomic E-state index is 0.0290. The maximum atomic E-state index is 13.0. The van der Waals surface area contributed by atoms with E-state index < -0.39 is 5.60 Å². The van der Waals surface area contributed by atoms with Crippen LogP contribution in [0, 0.1) is 13.8 Å². The van der Waals surface area contributed by atoms with Gasteiger partial charge in [-0.05, 0) is 81.8 Å². The molecule has 2 aromatic rings. The van der Waals surface area contributed by atoms with Crippen LogP contribution in [0.5, 0.6) is 5.75 Å². The van der Waals surface area contributed by atoms with Gasteiger partial charge in [-0.15, -0.1) is 0 Å². The van der Waals surface area contributed by atoms with Crippen LogP contribution in [0.4, 0.5) is 0 Å². The predicted molar refractivity (Wildman–Crippen MR) is 130 cm³/mol. The van der Waals surface area contributed by atoms with Crippen LogP contribution < -0.4 is 4.74 Å². The lowest BCUT2D eigenvalue weighted by Crippen LogP contribution is -2.57. The van der Waals surface area contributed by atoms with E-state index >= 15 is 0 Å². The van der Waals surface area contributed by atoms with E-state index in [4.69, 9.17) is 16.3 Å². The number of aliphatic hydroxyl groups is 1. The fourth-order valence-electron chi connectivity index (χ4n) is 5.04. The summed E-state index contributed by atoms with van der Waals surface area (Å²) in [6.07, 6.45) is 4.93. The zero-order valence-corrected chi connectivity index (χ0v) is 20.7. The maximum absolute atomic E-state index is 13.0. The molecule has 7 heteroatoms. The Hall–Kier alpha value is -2.15. The van der Waals surface area contributed by atoms with Crippen molar-refractivity contribution >= 4 is 17.5 Å². The highest BCUT2D eigenvalue weighted by Gasteiger charge is 2.37. The van der Waals surface area contributed by atoms with Crippen LogP contribution in [0.2, 0.25) is 5.15 Å². The quantitative estimate of drug-likeness (QED) is 0.648. The number of amides is 1. The molecule has 0 unspecified atom stereocenters. The molecule has 1 N–H and O–H groups in total. The number of rotatable bonds is 5. The largest absolute Gasteiger partial charge is 0.490 e. The monoisotopic (exact) mass is 471 g/mol. The Labute approximate surface area is 201 Å². The van der Waals surface area contributed by atoms with Crippen molar-refractivity contribution in [3.8, 4) is 5.75 Å². The third-order valence-electron chi connectivity index (χ3n) is 6.92. The van der Waals surface area contributed by atoms with Gasteiger partial charge in [-0.1, -0.05) is 17.7 Å². The summed E-state index contributed by atoms with van der Waals surface area (Å²) in [6, 6.07) is 8.35. The summed E-state index contributed by atoms with van der Waals surface area (Å²) >= 11 is 5.88. The molecule has 3 heterocycles. The van der Waals surface area contributed by atoms with Crippen LogP contribution in [0.25, 0.3) is 0 Å². The molecule has 2 aliphatic rings. The standard InChI is InChI=1S/C26H34ClN3O3/c1-17-18(2)23(33-16-26(3,4)32)10-9-21(17)22-7-5-6-20-15-29(12-13-30(20)22)25(31)19-8-11-24(27)28-14-19/h8-11,14,20,22,32H,5-7,12-13,15-16H2,1-4H3/t20-,22+/m0/s1. The molecule has 0 aliphatic carbocycles. The number of nitrogens with zero attached hydrogens (tertiary/aromatic N) is 3. The summed E-state index contributed by atoms with van der Waals surface area (Å²) in [6.45, 7) is 10.3. The molecule has 4 rings (SSSR count). The van der Waals surface area contributed by atoms with Crippen molar-refractivity contribution in [2.75, 3.05) is 26.2 Å². The average molecular weight is 472 g/mol. The van der Waals surface area contributed by atoms with Crippen LogP contribution in [-0.2, 0) is 0 Å². The van der Waals surface area contributed by atoms with Gasteiger partial charge in [0.25, 0.3) is 5.91 Å². The van der Waals surface area contributed by atoms with Crippen molar-refractivity contribution in [3.63, 3.8) is 0 Å². The summed E-state index contributed by atoms with van der Waals surface area (Å²) in [5.74, 6) is 0.860. The normalized spacial score (nSPS) is 21.6. The van der Waals surface area contributed by atoms with Gasteiger partial charge >= 0.3 is 0 Å². The van der Waals surface area contributed by atoms with E-state index in [1.165, 1.54) is 11.1 Å². The molecule has 178 valence electrons. The smallest absolute Gasteiger partial charge is 0.255 e. The van der Waals surface area contributed by atoms with Crippen molar-refractivity contribution in [1.29, 1.82) is 0 Å². The predicted octanol–water partition coefficient (Wildman–Crippen LogP) is 4.55. The Morgan fingerprint density at radius 1 is 1.18 bits per heavy atom. The van der Waals surface area contributed by atoms with Crippen molar-refractivity contribution in [3.05, 3.63) is 57.9 Å². The number of fused-ring (bicyclic) bond motifs is 1. The second kappa shape index (κ2) is 9.61. The molecular formula is C26H34ClN3O3. The first-order valence-corrected chi connectivity index (χ1v) is 12.1. The zero-order valence-electron chi connectivity index (χ0n) is 20.0. The lowest BCUT2D eigenvalue weighted by molar-refractivity contribution is 0.0101. The molecule has 2 saturated heterocycles. The fraction of sp³-hybridized carbons (Fsp3) is 0.538. The van der Waals surface area contributed by atoms with E-state index in [0.717, 1.165) is 43.7 Å². The summed E-state index contributed by atoms with van der Waals surface area (Å²) in [5.41, 5.74) is 3.44. The third kappa shape index (κ3) is 5.34. The molecule has 6 nitrogen and oxygen atoms in total. The van der Waals surface area contributed by atoms with Gasteiger partial charge in [-0.3, -0.25) is 9.69 Å². The Bertz CT molecular complexity index is 1000. The van der Waals surface area contributed by atoms with Crippen LogP contribution >= 0.6 is 11.6 Å². The van der Waals surface area contributed by atoms with Crippen molar-refractivity contribution < 1.29 is 14.6 Å². The number of pyridine rings is 1. The second-order valence-corrected chi connectivity index (χ2v) is 10.4. The van der Waals surface area contributed by atoms with Gasteiger partial charge in [-0.25, -0.2) is 4.98 Å². The average Bonchev–Trinajstić information content (AvgIpc) is 2.79. The molecular weight excluding hydrogens is 438 g/mol. The number of carbonyl (C=O) groups excluding carboxylic acids is 1. The van der Waals surface area contributed by atoms with Crippen LogP contribution in [0.3, 0.4) is 0 Å². The lowest BCUT2D eigenvalue weighted by Gasteiger charge is -2.48. The third-order valence-corrected chi connectivity index (χ3v) is 7.15. The number of hydrogen-bond acceptors (Lipinski definition) is 5. The Balaban J connectivity index is 1.48. The maximum Gasteiger partial charge on any atom is 0.255 e. The number of piperazine rings is 1. The summed E-state index contributed by atoms with van der Waals surface area (Å²) in [5, 5.41) is 10.4. The van der Waals surface area contributed by atoms with Crippen LogP contribution in [0.15, 0.2) is 30.5 Å². The minimum atomic E-state index is -0.866. The lowest BCUT2D eigenvalue weighted by atomic mass is 9.86. The number of carbonyl (C=O) groups is 1. The van der Waals surface area contributed by atoms with E-state index in [2.05, 4.69) is 29.8 Å². The van der Waals surface area contributed by atoms with E-state index in [1.54, 1.807) is 32.2 Å². The van der Waals surface area contributed by atoms with Crippen molar-refractivity contribution in [2.45, 2.75) is 64.6 Å². The van der Waals surface area contributed by atoms with Gasteiger partial charge in [0.15, 0.2) is 0 Å². The fourth-order valence-corrected chi connectivity index (χ4v) is 5.15. The minimum Gasteiger partial charge on any atom is -0.490 e. The first kappa shape index (κ1) is 24.0. The molecule has 1 aromatic carbocycles. The van der Waals surface area contributed by atoms with E-state index in [1.807, 2.05) is 11.0 Å². The van der Waals surface area contributed by atoms with E-state index in [-0.39, 0.29) is 12.5 Å².